The third-order valence-corrected chi connectivity index (χ3v) is 5.76. The molecule has 0 radical (unpaired) electrons. The largest absolute Gasteiger partial charge is 0.0925 e. The maximum atomic E-state index is 3.91. The van der Waals surface area contributed by atoms with Gasteiger partial charge in [-0.3, -0.25) is 0 Å². The first kappa shape index (κ1) is 19.0. The number of hydrogen-bond donors (Lipinski definition) is 0. The number of rotatable bonds is 13. The standard InChI is InChI=1S/C16H32Br2/c1-3-5-7-9-11-13-16(18)15(14-17)12-10-8-6-4-2/h15-16H,3-14H2,1-2H3. The fourth-order valence-corrected chi connectivity index (χ4v) is 4.42. The van der Waals surface area contributed by atoms with Crippen LogP contribution in [0.5, 0.6) is 0 Å². The van der Waals surface area contributed by atoms with Gasteiger partial charge in [-0.05, 0) is 18.8 Å². The molecule has 18 heavy (non-hydrogen) atoms. The predicted octanol–water partition coefficient (Wildman–Crippen LogP) is 7.09. The van der Waals surface area contributed by atoms with E-state index in [2.05, 4.69) is 45.7 Å². The van der Waals surface area contributed by atoms with Crippen molar-refractivity contribution in [2.45, 2.75) is 89.3 Å². The Morgan fingerprint density at radius 1 is 0.722 bits per heavy atom. The average Bonchev–Trinajstić information content (AvgIpc) is 2.38. The monoisotopic (exact) mass is 382 g/mol. The minimum Gasteiger partial charge on any atom is -0.0925 e. The molecule has 2 atom stereocenters. The van der Waals surface area contributed by atoms with Gasteiger partial charge in [-0.25, -0.2) is 0 Å². The summed E-state index contributed by atoms with van der Waals surface area (Å²) >= 11 is 7.60. The lowest BCUT2D eigenvalue weighted by molar-refractivity contribution is 0.458. The van der Waals surface area contributed by atoms with Gasteiger partial charge in [0.1, 0.15) is 0 Å². The molecular formula is C16H32Br2. The molecule has 0 nitrogen and oxygen atoms in total. The number of halogens is 2. The number of alkyl halides is 2. The second-order valence-electron chi connectivity index (χ2n) is 5.48. The highest BCUT2D eigenvalue weighted by molar-refractivity contribution is 9.10. The smallest absolute Gasteiger partial charge is 0.0182 e. The summed E-state index contributed by atoms with van der Waals surface area (Å²) in [6.45, 7) is 4.57. The highest BCUT2D eigenvalue weighted by Crippen LogP contribution is 2.26. The normalized spacial score (nSPS) is 14.7. The van der Waals surface area contributed by atoms with Crippen LogP contribution in [0.3, 0.4) is 0 Å². The first-order chi connectivity index (χ1) is 8.76. The lowest BCUT2D eigenvalue weighted by Crippen LogP contribution is -2.16. The van der Waals surface area contributed by atoms with Gasteiger partial charge in [-0.15, -0.1) is 0 Å². The molecule has 0 saturated heterocycles. The summed E-state index contributed by atoms with van der Waals surface area (Å²) < 4.78 is 0. The zero-order valence-electron chi connectivity index (χ0n) is 12.4. The average molecular weight is 384 g/mol. The Labute approximate surface area is 132 Å². The summed E-state index contributed by atoms with van der Waals surface area (Å²) in [5.74, 6) is 0.827. The van der Waals surface area contributed by atoms with E-state index in [1.165, 1.54) is 70.6 Å². The van der Waals surface area contributed by atoms with Gasteiger partial charge in [0, 0.05) is 10.2 Å². The molecule has 0 aromatic heterocycles. The Morgan fingerprint density at radius 2 is 1.22 bits per heavy atom. The van der Waals surface area contributed by atoms with E-state index in [4.69, 9.17) is 0 Å². The lowest BCUT2D eigenvalue weighted by atomic mass is 9.96. The Morgan fingerprint density at radius 3 is 1.78 bits per heavy atom. The molecule has 0 heterocycles. The van der Waals surface area contributed by atoms with Gasteiger partial charge in [-0.2, -0.15) is 0 Å². The number of unbranched alkanes of at least 4 members (excludes halogenated alkanes) is 7. The van der Waals surface area contributed by atoms with Crippen LogP contribution in [0.1, 0.15) is 84.5 Å². The molecule has 110 valence electrons. The summed E-state index contributed by atoms with van der Waals surface area (Å²) in [4.78, 5) is 0.722. The molecule has 2 heteroatoms. The highest BCUT2D eigenvalue weighted by Gasteiger charge is 2.16. The summed E-state index contributed by atoms with van der Waals surface area (Å²) in [7, 11) is 0. The SMILES string of the molecule is CCCCCCCC(Br)C(CBr)CCCCCC. The minimum absolute atomic E-state index is 0.722. The molecule has 0 aliphatic carbocycles. The van der Waals surface area contributed by atoms with Crippen molar-refractivity contribution in [3.05, 3.63) is 0 Å². The molecule has 0 bridgehead atoms. The van der Waals surface area contributed by atoms with E-state index in [1.807, 2.05) is 0 Å². The third kappa shape index (κ3) is 10.8. The van der Waals surface area contributed by atoms with E-state index >= 15 is 0 Å². The van der Waals surface area contributed by atoms with Gasteiger partial charge in [0.05, 0.1) is 0 Å². The van der Waals surface area contributed by atoms with Crippen LogP contribution in [0.25, 0.3) is 0 Å². The quantitative estimate of drug-likeness (QED) is 0.235. The van der Waals surface area contributed by atoms with Crippen LogP contribution in [-0.4, -0.2) is 10.2 Å². The van der Waals surface area contributed by atoms with Gasteiger partial charge in [-0.1, -0.05) is 103 Å². The molecule has 0 amide bonds. The van der Waals surface area contributed by atoms with Crippen LogP contribution in [0.4, 0.5) is 0 Å². The molecule has 2 unspecified atom stereocenters. The Kier molecular flexibility index (Phi) is 15.1. The van der Waals surface area contributed by atoms with Crippen molar-refractivity contribution in [2.24, 2.45) is 5.92 Å². The molecule has 0 saturated carbocycles. The summed E-state index contributed by atoms with van der Waals surface area (Å²) in [6.07, 6.45) is 15.3. The van der Waals surface area contributed by atoms with Crippen LogP contribution < -0.4 is 0 Å². The van der Waals surface area contributed by atoms with E-state index in [0.29, 0.717) is 0 Å². The second-order valence-corrected chi connectivity index (χ2v) is 7.31. The van der Waals surface area contributed by atoms with Crippen molar-refractivity contribution in [3.8, 4) is 0 Å². The van der Waals surface area contributed by atoms with E-state index in [9.17, 15) is 0 Å². The Bertz CT molecular complexity index is 159. The van der Waals surface area contributed by atoms with E-state index in [0.717, 1.165) is 16.1 Å². The molecule has 0 spiro atoms. The van der Waals surface area contributed by atoms with Crippen LogP contribution in [0.15, 0.2) is 0 Å². The molecular weight excluding hydrogens is 352 g/mol. The first-order valence-corrected chi connectivity index (χ1v) is 9.99. The zero-order chi connectivity index (χ0) is 13.6. The van der Waals surface area contributed by atoms with Crippen LogP contribution >= 0.6 is 31.9 Å². The van der Waals surface area contributed by atoms with E-state index < -0.39 is 0 Å². The molecule has 0 aromatic rings. The molecule has 0 aliphatic heterocycles. The summed E-state index contributed by atoms with van der Waals surface area (Å²) in [5, 5.41) is 1.16. The minimum atomic E-state index is 0.722. The number of hydrogen-bond acceptors (Lipinski definition) is 0. The summed E-state index contributed by atoms with van der Waals surface area (Å²) in [5.41, 5.74) is 0. The van der Waals surface area contributed by atoms with Crippen molar-refractivity contribution in [2.75, 3.05) is 5.33 Å². The molecule has 0 rings (SSSR count). The maximum absolute atomic E-state index is 3.91. The topological polar surface area (TPSA) is 0 Å². The van der Waals surface area contributed by atoms with Crippen LogP contribution in [-0.2, 0) is 0 Å². The van der Waals surface area contributed by atoms with Gasteiger partial charge in [0.15, 0.2) is 0 Å². The van der Waals surface area contributed by atoms with Gasteiger partial charge in [0.25, 0.3) is 0 Å². The lowest BCUT2D eigenvalue weighted by Gasteiger charge is -2.20. The first-order valence-electron chi connectivity index (χ1n) is 7.96. The van der Waals surface area contributed by atoms with Crippen LogP contribution in [0.2, 0.25) is 0 Å². The third-order valence-electron chi connectivity index (χ3n) is 3.72. The van der Waals surface area contributed by atoms with Gasteiger partial charge in [0.2, 0.25) is 0 Å². The highest BCUT2D eigenvalue weighted by atomic mass is 79.9. The molecule has 0 aromatic carbocycles. The fraction of sp³-hybridized carbons (Fsp3) is 1.00. The zero-order valence-corrected chi connectivity index (χ0v) is 15.6. The van der Waals surface area contributed by atoms with Crippen molar-refractivity contribution < 1.29 is 0 Å². The maximum Gasteiger partial charge on any atom is 0.0182 e. The fourth-order valence-electron chi connectivity index (χ4n) is 2.37. The summed E-state index contributed by atoms with van der Waals surface area (Å²) in [6, 6.07) is 0. The Hall–Kier alpha value is 0.960. The van der Waals surface area contributed by atoms with E-state index in [-0.39, 0.29) is 0 Å². The molecule has 0 N–H and O–H groups in total. The van der Waals surface area contributed by atoms with Gasteiger partial charge >= 0.3 is 0 Å². The van der Waals surface area contributed by atoms with Crippen molar-refractivity contribution >= 4 is 31.9 Å². The molecule has 0 aliphatic rings. The van der Waals surface area contributed by atoms with Crippen molar-refractivity contribution in [3.63, 3.8) is 0 Å². The van der Waals surface area contributed by atoms with Gasteiger partial charge < -0.3 is 0 Å². The van der Waals surface area contributed by atoms with Crippen molar-refractivity contribution in [1.29, 1.82) is 0 Å². The second kappa shape index (κ2) is 14.4. The predicted molar refractivity (Wildman–Crippen MR) is 92.1 cm³/mol. The van der Waals surface area contributed by atoms with E-state index in [1.54, 1.807) is 0 Å². The van der Waals surface area contributed by atoms with Crippen molar-refractivity contribution in [1.82, 2.24) is 0 Å². The molecule has 0 fully saturated rings. The van der Waals surface area contributed by atoms with Crippen LogP contribution in [0, 0.1) is 5.92 Å². The Balaban J connectivity index is 3.58.